The van der Waals surface area contributed by atoms with Crippen LogP contribution in [0.2, 0.25) is 0 Å². The van der Waals surface area contributed by atoms with Gasteiger partial charge < -0.3 is 4.90 Å². The smallest absolute Gasteiger partial charge is 0.310 e. The van der Waals surface area contributed by atoms with Crippen LogP contribution in [0.3, 0.4) is 0 Å². The van der Waals surface area contributed by atoms with Gasteiger partial charge in [-0.05, 0) is 38.8 Å². The first kappa shape index (κ1) is 18.9. The van der Waals surface area contributed by atoms with Crippen LogP contribution >= 0.6 is 0 Å². The predicted molar refractivity (Wildman–Crippen MR) is 106 cm³/mol. The van der Waals surface area contributed by atoms with Crippen molar-refractivity contribution >= 4 is 17.6 Å². The maximum Gasteiger partial charge on any atom is 0.327 e. The van der Waals surface area contributed by atoms with Crippen LogP contribution in [0.4, 0.5) is 4.79 Å². The lowest BCUT2D eigenvalue weighted by molar-refractivity contribution is -0.139. The van der Waals surface area contributed by atoms with Crippen molar-refractivity contribution in [3.63, 3.8) is 0 Å². The molecule has 4 atom stereocenters. The van der Waals surface area contributed by atoms with Crippen LogP contribution in [0.1, 0.15) is 31.9 Å². The number of hydrogen-bond donors (Lipinski definition) is 1. The number of likely N-dealkylation sites (N-methyl/N-ethyl adjacent to an activating group) is 2. The molecule has 4 rings (SSSR count). The number of nitrogens with zero attached hydrogens (tertiary/aromatic N) is 5. The van der Waals surface area contributed by atoms with Gasteiger partial charge in [-0.15, -0.1) is 0 Å². The van der Waals surface area contributed by atoms with Gasteiger partial charge in [0.2, 0.25) is 0 Å². The Bertz CT molecular complexity index is 840. The van der Waals surface area contributed by atoms with Crippen molar-refractivity contribution < 1.29 is 9.59 Å². The zero-order valence-electron chi connectivity index (χ0n) is 17.1. The van der Waals surface area contributed by atoms with Crippen LogP contribution in [0.5, 0.6) is 0 Å². The number of nitrogens with one attached hydrogen (secondary N) is 1. The van der Waals surface area contributed by atoms with E-state index in [9.17, 15) is 9.59 Å². The van der Waals surface area contributed by atoms with Gasteiger partial charge in [0.1, 0.15) is 12.2 Å². The molecule has 2 fully saturated rings. The summed E-state index contributed by atoms with van der Waals surface area (Å²) in [7, 11) is 1.75. The molecule has 150 valence electrons. The number of carbonyl (C=O) groups is 2. The molecule has 2 saturated heterocycles. The number of hydrogen-bond acceptors (Lipinski definition) is 6. The number of carbonyl (C=O) groups excluding carboxylic acids is 2. The van der Waals surface area contributed by atoms with Gasteiger partial charge in [0.05, 0.1) is 18.3 Å². The Morgan fingerprint density at radius 3 is 2.57 bits per heavy atom. The van der Waals surface area contributed by atoms with Gasteiger partial charge in [-0.2, -0.15) is 5.10 Å². The molecule has 8 nitrogen and oxygen atoms in total. The van der Waals surface area contributed by atoms with E-state index in [1.54, 1.807) is 11.9 Å². The highest BCUT2D eigenvalue weighted by molar-refractivity contribution is 6.01. The Morgan fingerprint density at radius 2 is 1.89 bits per heavy atom. The fraction of sp³-hybridized carbons (Fsp3) is 0.550. The summed E-state index contributed by atoms with van der Waals surface area (Å²) in [5.74, 6) is -0.136. The van der Waals surface area contributed by atoms with E-state index < -0.39 is 6.04 Å². The van der Waals surface area contributed by atoms with Gasteiger partial charge in [-0.1, -0.05) is 24.3 Å². The molecule has 1 aromatic rings. The number of imide groups is 1. The van der Waals surface area contributed by atoms with Crippen LogP contribution in [0.15, 0.2) is 29.4 Å². The second kappa shape index (κ2) is 6.86. The van der Waals surface area contributed by atoms with Crippen molar-refractivity contribution in [2.75, 3.05) is 13.6 Å². The van der Waals surface area contributed by atoms with Gasteiger partial charge in [-0.25, -0.2) is 9.69 Å². The molecule has 0 radical (unpaired) electrons. The van der Waals surface area contributed by atoms with Gasteiger partial charge in [0.25, 0.3) is 5.91 Å². The van der Waals surface area contributed by atoms with Gasteiger partial charge in [0.15, 0.2) is 6.29 Å². The van der Waals surface area contributed by atoms with E-state index >= 15 is 0 Å². The third kappa shape index (κ3) is 2.70. The molecule has 1 N–H and O–H groups in total. The summed E-state index contributed by atoms with van der Waals surface area (Å²) < 4.78 is 0. The van der Waals surface area contributed by atoms with Crippen LogP contribution in [0, 0.1) is 6.92 Å². The summed E-state index contributed by atoms with van der Waals surface area (Å²) >= 11 is 0. The normalized spacial score (nSPS) is 30.5. The summed E-state index contributed by atoms with van der Waals surface area (Å²) in [5, 5.41) is 10.3. The van der Waals surface area contributed by atoms with Crippen LogP contribution < -0.4 is 5.32 Å². The minimum Gasteiger partial charge on any atom is -0.310 e. The van der Waals surface area contributed by atoms with E-state index in [1.807, 2.05) is 31.0 Å². The molecule has 3 heterocycles. The minimum absolute atomic E-state index is 0.00452. The Hall–Kier alpha value is -2.45. The maximum atomic E-state index is 13.2. The van der Waals surface area contributed by atoms with Crippen molar-refractivity contribution in [1.82, 2.24) is 25.0 Å². The quantitative estimate of drug-likeness (QED) is 0.852. The highest BCUT2D eigenvalue weighted by Crippen LogP contribution is 2.33. The highest BCUT2D eigenvalue weighted by Gasteiger charge is 2.57. The van der Waals surface area contributed by atoms with E-state index in [1.165, 1.54) is 16.0 Å². The molecule has 4 unspecified atom stereocenters. The summed E-state index contributed by atoms with van der Waals surface area (Å²) in [6.07, 6.45) is -0.611. The van der Waals surface area contributed by atoms with E-state index in [-0.39, 0.29) is 30.4 Å². The first-order chi connectivity index (χ1) is 13.3. The van der Waals surface area contributed by atoms with Gasteiger partial charge in [-0.3, -0.25) is 20.0 Å². The lowest BCUT2D eigenvalue weighted by Gasteiger charge is -2.45. The number of rotatable bonds is 3. The fourth-order valence-electron chi connectivity index (χ4n) is 4.42. The van der Waals surface area contributed by atoms with Crippen molar-refractivity contribution in [3.05, 3.63) is 35.4 Å². The first-order valence-corrected chi connectivity index (χ1v) is 9.83. The standard InChI is InChI=1S/C20H28N6O2/c1-6-24-18(27)16-17(23(5)20(24)28)21-19-25(22-13(3)14(4)26(16)19)11-15-10-8-7-9-12(15)2/h7-10,14,16-17,19,21H,6,11H2,1-5H3. The summed E-state index contributed by atoms with van der Waals surface area (Å²) in [5.41, 5.74) is 3.36. The first-order valence-electron chi connectivity index (χ1n) is 9.83. The number of hydrazone groups is 1. The number of aryl methyl sites for hydroxylation is 1. The zero-order chi connectivity index (χ0) is 20.2. The molecule has 3 amide bonds. The van der Waals surface area contributed by atoms with Crippen LogP contribution in [-0.4, -0.2) is 75.5 Å². The second-order valence-electron chi connectivity index (χ2n) is 7.79. The predicted octanol–water partition coefficient (Wildman–Crippen LogP) is 1.37. The van der Waals surface area contributed by atoms with Crippen molar-refractivity contribution in [1.29, 1.82) is 0 Å². The molecule has 3 aliphatic rings. The maximum absolute atomic E-state index is 13.2. The van der Waals surface area contributed by atoms with Crippen molar-refractivity contribution in [2.24, 2.45) is 5.10 Å². The van der Waals surface area contributed by atoms with Crippen LogP contribution in [0.25, 0.3) is 0 Å². The Labute approximate surface area is 165 Å². The third-order valence-corrected chi connectivity index (χ3v) is 6.22. The lowest BCUT2D eigenvalue weighted by atomic mass is 10.1. The molecular weight excluding hydrogens is 356 g/mol. The Kier molecular flexibility index (Phi) is 4.63. The topological polar surface area (TPSA) is 71.5 Å². The average molecular weight is 384 g/mol. The van der Waals surface area contributed by atoms with Gasteiger partial charge >= 0.3 is 6.03 Å². The lowest BCUT2D eigenvalue weighted by Crippen LogP contribution is -2.67. The number of amides is 3. The monoisotopic (exact) mass is 384 g/mol. The molecule has 3 aliphatic heterocycles. The van der Waals surface area contributed by atoms with E-state index in [0.717, 1.165) is 5.71 Å². The summed E-state index contributed by atoms with van der Waals surface area (Å²) in [4.78, 5) is 30.9. The second-order valence-corrected chi connectivity index (χ2v) is 7.79. The largest absolute Gasteiger partial charge is 0.327 e. The van der Waals surface area contributed by atoms with E-state index in [4.69, 9.17) is 5.10 Å². The number of fused-ring (bicyclic) bond motifs is 3. The summed E-state index contributed by atoms with van der Waals surface area (Å²) in [6.45, 7) is 9.00. The average Bonchev–Trinajstić information content (AvgIpc) is 3.08. The van der Waals surface area contributed by atoms with Gasteiger partial charge in [0, 0.05) is 13.6 Å². The SMILES string of the molecule is CCN1C(=O)C2C(NC3N(Cc4ccccc4C)N=C(C)C(C)N23)N(C)C1=O. The molecular formula is C20H28N6O2. The molecule has 0 spiro atoms. The van der Waals surface area contributed by atoms with Crippen molar-refractivity contribution in [2.45, 2.75) is 58.8 Å². The Morgan fingerprint density at radius 1 is 1.18 bits per heavy atom. The molecule has 0 saturated carbocycles. The Balaban J connectivity index is 1.70. The highest BCUT2D eigenvalue weighted by atomic mass is 16.2. The minimum atomic E-state index is -0.424. The zero-order valence-corrected chi connectivity index (χ0v) is 17.1. The van der Waals surface area contributed by atoms with Crippen molar-refractivity contribution in [3.8, 4) is 0 Å². The molecule has 1 aromatic carbocycles. The molecule has 8 heteroatoms. The molecule has 0 bridgehead atoms. The fourth-order valence-corrected chi connectivity index (χ4v) is 4.42. The van der Waals surface area contributed by atoms with E-state index in [0.29, 0.717) is 13.1 Å². The molecule has 0 aromatic heterocycles. The molecule has 28 heavy (non-hydrogen) atoms. The molecule has 0 aliphatic carbocycles. The van der Waals surface area contributed by atoms with Crippen LogP contribution in [-0.2, 0) is 11.3 Å². The number of benzene rings is 1. The number of urea groups is 1. The van der Waals surface area contributed by atoms with E-state index in [2.05, 4.69) is 36.2 Å². The third-order valence-electron chi connectivity index (χ3n) is 6.22. The summed E-state index contributed by atoms with van der Waals surface area (Å²) in [6, 6.07) is 7.57.